The molecular weight excluding hydrogens is 394 g/mol. The van der Waals surface area contributed by atoms with Crippen LogP contribution in [0.15, 0.2) is 35.4 Å². The van der Waals surface area contributed by atoms with Crippen LogP contribution in [-0.2, 0) is 20.8 Å². The fraction of sp³-hybridized carbons (Fsp3) is 0.500. The summed E-state index contributed by atoms with van der Waals surface area (Å²) in [5, 5.41) is 26.4. The highest BCUT2D eigenvalue weighted by Crippen LogP contribution is 2.35. The molecule has 0 saturated carbocycles. The number of aryl methyl sites for hydroxylation is 1. The standard InChI is InChI=1S/C20H27N3O5S/c1-12(21-14(17(25)26)11-10-13-8-6-5-7-9-13)15(24)23-16(18(27)28)29-19(22-23)20(2,3)4/h5-9,12,14,16,21H,10-11H2,1-4H3,(H,25,26)(H,27,28)/t12-,14-,16?/m0/s1. The maximum Gasteiger partial charge on any atom is 0.339 e. The zero-order valence-electron chi connectivity index (χ0n) is 17.0. The summed E-state index contributed by atoms with van der Waals surface area (Å²) >= 11 is 1.02. The summed E-state index contributed by atoms with van der Waals surface area (Å²) in [4.78, 5) is 36.1. The second-order valence-corrected chi connectivity index (χ2v) is 9.02. The highest BCUT2D eigenvalue weighted by molar-refractivity contribution is 8.15. The first-order chi connectivity index (χ1) is 13.5. The number of carboxylic acids is 2. The van der Waals surface area contributed by atoms with Crippen molar-refractivity contribution >= 4 is 34.7 Å². The van der Waals surface area contributed by atoms with Crippen LogP contribution in [0.25, 0.3) is 0 Å². The van der Waals surface area contributed by atoms with E-state index >= 15 is 0 Å². The molecule has 1 aromatic carbocycles. The van der Waals surface area contributed by atoms with Crippen molar-refractivity contribution in [3.05, 3.63) is 35.9 Å². The lowest BCUT2D eigenvalue weighted by molar-refractivity contribution is -0.147. The maximum atomic E-state index is 12.9. The van der Waals surface area contributed by atoms with E-state index in [2.05, 4.69) is 10.4 Å². The Morgan fingerprint density at radius 2 is 1.83 bits per heavy atom. The van der Waals surface area contributed by atoms with Gasteiger partial charge < -0.3 is 10.2 Å². The van der Waals surface area contributed by atoms with E-state index < -0.39 is 40.7 Å². The van der Waals surface area contributed by atoms with E-state index in [0.29, 0.717) is 17.9 Å². The minimum Gasteiger partial charge on any atom is -0.480 e. The number of carboxylic acid groups (broad SMARTS) is 2. The van der Waals surface area contributed by atoms with E-state index in [4.69, 9.17) is 0 Å². The Hall–Kier alpha value is -2.39. The van der Waals surface area contributed by atoms with Crippen molar-refractivity contribution < 1.29 is 24.6 Å². The van der Waals surface area contributed by atoms with Crippen molar-refractivity contribution in [2.45, 2.75) is 58.0 Å². The van der Waals surface area contributed by atoms with Crippen LogP contribution in [0.2, 0.25) is 0 Å². The number of nitrogens with zero attached hydrogens (tertiary/aromatic N) is 2. The third-order valence-electron chi connectivity index (χ3n) is 4.41. The molecule has 0 spiro atoms. The van der Waals surface area contributed by atoms with Gasteiger partial charge in [0.25, 0.3) is 5.91 Å². The molecule has 0 fully saturated rings. The van der Waals surface area contributed by atoms with E-state index in [1.807, 2.05) is 51.1 Å². The lowest BCUT2D eigenvalue weighted by Gasteiger charge is -2.24. The van der Waals surface area contributed by atoms with Crippen molar-refractivity contribution in [2.75, 3.05) is 0 Å². The van der Waals surface area contributed by atoms with E-state index in [9.17, 15) is 24.6 Å². The molecular formula is C20H27N3O5S. The van der Waals surface area contributed by atoms with Crippen LogP contribution < -0.4 is 5.32 Å². The van der Waals surface area contributed by atoms with Gasteiger partial charge in [-0.25, -0.2) is 9.80 Å². The zero-order chi connectivity index (χ0) is 21.8. The third-order valence-corrected chi connectivity index (χ3v) is 5.95. The number of benzene rings is 1. The highest BCUT2D eigenvalue weighted by atomic mass is 32.2. The fourth-order valence-corrected chi connectivity index (χ4v) is 3.83. The Balaban J connectivity index is 2.08. The monoisotopic (exact) mass is 421 g/mol. The number of hydrogen-bond acceptors (Lipinski definition) is 6. The third kappa shape index (κ3) is 6.04. The predicted octanol–water partition coefficient (Wildman–Crippen LogP) is 2.40. The second-order valence-electron chi connectivity index (χ2n) is 7.95. The summed E-state index contributed by atoms with van der Waals surface area (Å²) in [6.45, 7) is 7.18. The first kappa shape index (κ1) is 22.9. The minimum absolute atomic E-state index is 0.296. The fourth-order valence-electron chi connectivity index (χ4n) is 2.78. The van der Waals surface area contributed by atoms with Crippen molar-refractivity contribution in [3.63, 3.8) is 0 Å². The number of nitrogens with one attached hydrogen (secondary N) is 1. The molecule has 3 atom stereocenters. The molecule has 0 radical (unpaired) electrons. The first-order valence-corrected chi connectivity index (χ1v) is 10.2. The molecule has 0 aliphatic carbocycles. The summed E-state index contributed by atoms with van der Waals surface area (Å²) < 4.78 is 0. The number of rotatable bonds is 8. The summed E-state index contributed by atoms with van der Waals surface area (Å²) in [5.74, 6) is -2.81. The molecule has 29 heavy (non-hydrogen) atoms. The number of carbonyl (C=O) groups is 3. The van der Waals surface area contributed by atoms with Gasteiger partial charge in [-0.15, -0.1) is 0 Å². The van der Waals surface area contributed by atoms with Gasteiger partial charge >= 0.3 is 11.9 Å². The molecule has 2 rings (SSSR count). The number of hydrazone groups is 1. The topological polar surface area (TPSA) is 119 Å². The quantitative estimate of drug-likeness (QED) is 0.589. The summed E-state index contributed by atoms with van der Waals surface area (Å²) in [6.07, 6.45) is 0.833. The molecule has 158 valence electrons. The van der Waals surface area contributed by atoms with Gasteiger partial charge in [-0.1, -0.05) is 62.9 Å². The van der Waals surface area contributed by atoms with E-state index in [0.717, 1.165) is 22.3 Å². The molecule has 1 aliphatic heterocycles. The lowest BCUT2D eigenvalue weighted by atomic mass is 9.99. The first-order valence-electron chi connectivity index (χ1n) is 9.35. The van der Waals surface area contributed by atoms with Crippen LogP contribution in [0, 0.1) is 5.41 Å². The van der Waals surface area contributed by atoms with Crippen LogP contribution in [0.1, 0.15) is 39.7 Å². The van der Waals surface area contributed by atoms with Gasteiger partial charge in [0.15, 0.2) is 0 Å². The molecule has 1 aromatic rings. The van der Waals surface area contributed by atoms with Crippen molar-refractivity contribution in [3.8, 4) is 0 Å². The summed E-state index contributed by atoms with van der Waals surface area (Å²) in [6, 6.07) is 7.62. The molecule has 1 unspecified atom stereocenters. The van der Waals surface area contributed by atoms with Gasteiger partial charge in [0.05, 0.1) is 6.04 Å². The van der Waals surface area contributed by atoms with E-state index in [1.165, 1.54) is 6.92 Å². The minimum atomic E-state index is -1.17. The number of amides is 1. The maximum absolute atomic E-state index is 12.9. The largest absolute Gasteiger partial charge is 0.480 e. The van der Waals surface area contributed by atoms with Gasteiger partial charge in [0.2, 0.25) is 5.37 Å². The van der Waals surface area contributed by atoms with Crippen LogP contribution in [0.5, 0.6) is 0 Å². The van der Waals surface area contributed by atoms with E-state index in [1.54, 1.807) is 0 Å². The lowest BCUT2D eigenvalue weighted by Crippen LogP contribution is -2.51. The van der Waals surface area contributed by atoms with Crippen molar-refractivity contribution in [1.82, 2.24) is 10.3 Å². The number of aliphatic carboxylic acids is 2. The molecule has 0 saturated heterocycles. The van der Waals surface area contributed by atoms with Crippen LogP contribution in [0.4, 0.5) is 0 Å². The molecule has 0 aromatic heterocycles. The number of hydrogen-bond donors (Lipinski definition) is 3. The van der Waals surface area contributed by atoms with Crippen LogP contribution in [0.3, 0.4) is 0 Å². The number of thioether (sulfide) groups is 1. The average Bonchev–Trinajstić information content (AvgIpc) is 3.11. The van der Waals surface area contributed by atoms with Gasteiger partial charge in [-0.05, 0) is 25.3 Å². The van der Waals surface area contributed by atoms with Crippen LogP contribution >= 0.6 is 11.8 Å². The molecule has 9 heteroatoms. The van der Waals surface area contributed by atoms with Gasteiger partial charge in [0.1, 0.15) is 11.1 Å². The van der Waals surface area contributed by atoms with Crippen molar-refractivity contribution in [1.29, 1.82) is 0 Å². The Morgan fingerprint density at radius 3 is 2.34 bits per heavy atom. The SMILES string of the molecule is C[C@H](N[C@@H](CCc1ccccc1)C(=O)O)C(=O)N1N=C(C(C)(C)C)SC1C(=O)O. The molecule has 3 N–H and O–H groups in total. The predicted molar refractivity (Wildman–Crippen MR) is 112 cm³/mol. The van der Waals surface area contributed by atoms with Crippen molar-refractivity contribution in [2.24, 2.45) is 10.5 Å². The summed E-state index contributed by atoms with van der Waals surface area (Å²) in [5.41, 5.74) is 0.601. The zero-order valence-corrected chi connectivity index (χ0v) is 17.8. The Morgan fingerprint density at radius 1 is 1.21 bits per heavy atom. The van der Waals surface area contributed by atoms with Crippen LogP contribution in [-0.4, -0.2) is 55.6 Å². The van der Waals surface area contributed by atoms with Gasteiger partial charge in [-0.2, -0.15) is 5.10 Å². The molecule has 0 bridgehead atoms. The molecule has 1 heterocycles. The molecule has 1 amide bonds. The van der Waals surface area contributed by atoms with Gasteiger partial charge in [0, 0.05) is 5.41 Å². The Bertz CT molecular complexity index is 791. The van der Waals surface area contributed by atoms with Gasteiger partial charge in [-0.3, -0.25) is 14.9 Å². The molecule has 1 aliphatic rings. The highest BCUT2D eigenvalue weighted by Gasteiger charge is 2.42. The average molecular weight is 422 g/mol. The Labute approximate surface area is 174 Å². The second kappa shape index (κ2) is 9.41. The number of carbonyl (C=O) groups excluding carboxylic acids is 1. The Kier molecular flexibility index (Phi) is 7.43. The molecule has 8 nitrogen and oxygen atoms in total. The normalized spacial score (nSPS) is 18.8. The smallest absolute Gasteiger partial charge is 0.339 e. The van der Waals surface area contributed by atoms with E-state index in [-0.39, 0.29) is 0 Å². The summed E-state index contributed by atoms with van der Waals surface area (Å²) in [7, 11) is 0.